The van der Waals surface area contributed by atoms with Crippen molar-refractivity contribution in [2.75, 3.05) is 33.8 Å². The molecule has 2 aromatic rings. The highest BCUT2D eigenvalue weighted by atomic mass is 16.5. The van der Waals surface area contributed by atoms with Gasteiger partial charge in [0, 0.05) is 13.1 Å². The fourth-order valence-corrected chi connectivity index (χ4v) is 2.40. The van der Waals surface area contributed by atoms with E-state index in [9.17, 15) is 15.0 Å². The third kappa shape index (κ3) is 7.56. The first kappa shape index (κ1) is 21.7. The minimum absolute atomic E-state index is 0.129. The highest BCUT2D eigenvalue weighted by Crippen LogP contribution is 2.20. The average molecular weight is 388 g/mol. The summed E-state index contributed by atoms with van der Waals surface area (Å²) in [4.78, 5) is 13.7. The third-order valence-electron chi connectivity index (χ3n) is 4.06. The number of hydrogen-bond acceptors (Lipinski definition) is 6. The molecule has 1 amide bonds. The van der Waals surface area contributed by atoms with Crippen LogP contribution in [0.2, 0.25) is 0 Å². The summed E-state index contributed by atoms with van der Waals surface area (Å²) in [6.07, 6.45) is -2.95. The number of hydrogen-bond donors (Lipinski definition) is 3. The molecule has 2 atom stereocenters. The number of rotatable bonds is 10. The van der Waals surface area contributed by atoms with Gasteiger partial charge < -0.3 is 29.9 Å². The van der Waals surface area contributed by atoms with Gasteiger partial charge in [-0.15, -0.1) is 0 Å². The van der Waals surface area contributed by atoms with Crippen molar-refractivity contribution < 1.29 is 24.5 Å². The molecule has 0 aliphatic heterocycles. The number of likely N-dealkylation sites (N-methyl/N-ethyl adjacent to an activating group) is 1. The number of aliphatic hydroxyl groups is 2. The Morgan fingerprint density at radius 3 is 2.39 bits per heavy atom. The highest BCUT2D eigenvalue weighted by molar-refractivity contribution is 5.67. The Hall–Kier alpha value is -2.61. The van der Waals surface area contributed by atoms with Crippen molar-refractivity contribution in [3.63, 3.8) is 0 Å². The van der Waals surface area contributed by atoms with Gasteiger partial charge in [0.2, 0.25) is 0 Å². The van der Waals surface area contributed by atoms with Gasteiger partial charge in [-0.2, -0.15) is 0 Å². The lowest BCUT2D eigenvalue weighted by Gasteiger charge is -2.19. The van der Waals surface area contributed by atoms with Crippen LogP contribution in [-0.4, -0.2) is 61.1 Å². The van der Waals surface area contributed by atoms with Crippen LogP contribution in [0.4, 0.5) is 4.79 Å². The molecule has 7 nitrogen and oxygen atoms in total. The Morgan fingerprint density at radius 1 is 1.07 bits per heavy atom. The lowest BCUT2D eigenvalue weighted by Crippen LogP contribution is -2.35. The van der Waals surface area contributed by atoms with E-state index >= 15 is 0 Å². The van der Waals surface area contributed by atoms with Gasteiger partial charge in [-0.3, -0.25) is 0 Å². The Bertz CT molecular complexity index is 706. The first-order chi connectivity index (χ1) is 13.5. The predicted molar refractivity (Wildman–Crippen MR) is 106 cm³/mol. The Morgan fingerprint density at radius 2 is 1.75 bits per heavy atom. The molecule has 2 aromatic carbocycles. The second-order valence-electron chi connectivity index (χ2n) is 6.68. The molecule has 7 heteroatoms. The van der Waals surface area contributed by atoms with E-state index in [-0.39, 0.29) is 13.2 Å². The molecule has 0 fully saturated rings. The van der Waals surface area contributed by atoms with E-state index in [0.29, 0.717) is 17.9 Å². The van der Waals surface area contributed by atoms with Crippen molar-refractivity contribution in [3.05, 3.63) is 65.7 Å². The molecule has 0 spiro atoms. The fraction of sp³-hybridized carbons (Fsp3) is 0.381. The summed E-state index contributed by atoms with van der Waals surface area (Å²) < 4.78 is 10.7. The number of amides is 1. The summed E-state index contributed by atoms with van der Waals surface area (Å²) in [6, 6.07) is 16.1. The lowest BCUT2D eigenvalue weighted by atomic mass is 10.0. The summed E-state index contributed by atoms with van der Waals surface area (Å²) in [5.41, 5.74) is 1.40. The molecule has 152 valence electrons. The van der Waals surface area contributed by atoms with Gasteiger partial charge >= 0.3 is 6.09 Å². The van der Waals surface area contributed by atoms with Crippen LogP contribution in [0, 0.1) is 0 Å². The van der Waals surface area contributed by atoms with Gasteiger partial charge in [-0.05, 0) is 37.4 Å². The molecule has 28 heavy (non-hydrogen) atoms. The van der Waals surface area contributed by atoms with Crippen molar-refractivity contribution in [1.82, 2.24) is 10.2 Å². The first-order valence-corrected chi connectivity index (χ1v) is 9.14. The molecule has 0 aliphatic rings. The molecule has 2 rings (SSSR count). The van der Waals surface area contributed by atoms with Crippen LogP contribution in [0.25, 0.3) is 0 Å². The van der Waals surface area contributed by atoms with E-state index in [1.165, 1.54) is 0 Å². The highest BCUT2D eigenvalue weighted by Gasteiger charge is 2.19. The van der Waals surface area contributed by atoms with Crippen molar-refractivity contribution in [2.45, 2.75) is 18.8 Å². The van der Waals surface area contributed by atoms with Crippen LogP contribution >= 0.6 is 0 Å². The smallest absolute Gasteiger partial charge is 0.407 e. The molecule has 0 radical (unpaired) electrons. The SMILES string of the molecule is CN(C)CCOc1ccc(C(O)C(O)CNC(=O)OCc2ccccc2)cc1. The summed E-state index contributed by atoms with van der Waals surface area (Å²) in [5.74, 6) is 0.690. The zero-order valence-corrected chi connectivity index (χ0v) is 16.2. The van der Waals surface area contributed by atoms with Crippen LogP contribution in [0.5, 0.6) is 5.75 Å². The zero-order chi connectivity index (χ0) is 20.4. The first-order valence-electron chi connectivity index (χ1n) is 9.14. The summed E-state index contributed by atoms with van der Waals surface area (Å²) in [5, 5.41) is 22.8. The standard InChI is InChI=1S/C21H28N2O5/c1-23(2)12-13-27-18-10-8-17(9-11-18)20(25)19(24)14-22-21(26)28-15-16-6-4-3-5-7-16/h3-11,19-20,24-25H,12-15H2,1-2H3,(H,22,26). The van der Waals surface area contributed by atoms with Crippen LogP contribution in [0.15, 0.2) is 54.6 Å². The fourth-order valence-electron chi connectivity index (χ4n) is 2.40. The second-order valence-corrected chi connectivity index (χ2v) is 6.68. The average Bonchev–Trinajstić information content (AvgIpc) is 2.71. The number of carbonyl (C=O) groups is 1. The maximum atomic E-state index is 11.7. The van der Waals surface area contributed by atoms with Gasteiger partial charge in [0.1, 0.15) is 31.2 Å². The van der Waals surface area contributed by atoms with Crippen LogP contribution in [0.1, 0.15) is 17.2 Å². The van der Waals surface area contributed by atoms with E-state index in [4.69, 9.17) is 9.47 Å². The molecular weight excluding hydrogens is 360 g/mol. The van der Waals surface area contributed by atoms with Crippen LogP contribution < -0.4 is 10.1 Å². The zero-order valence-electron chi connectivity index (χ0n) is 16.2. The summed E-state index contributed by atoms with van der Waals surface area (Å²) >= 11 is 0. The normalized spacial score (nSPS) is 13.0. The summed E-state index contributed by atoms with van der Waals surface area (Å²) in [6.45, 7) is 1.37. The van der Waals surface area contributed by atoms with Crippen molar-refractivity contribution >= 4 is 6.09 Å². The number of benzene rings is 2. The number of nitrogens with one attached hydrogen (secondary N) is 1. The number of ether oxygens (including phenoxy) is 2. The van der Waals surface area contributed by atoms with Gasteiger partial charge in [0.05, 0.1) is 0 Å². The molecule has 0 aliphatic carbocycles. The van der Waals surface area contributed by atoms with E-state index in [0.717, 1.165) is 12.1 Å². The number of aliphatic hydroxyl groups excluding tert-OH is 2. The van der Waals surface area contributed by atoms with Crippen LogP contribution in [-0.2, 0) is 11.3 Å². The second kappa shape index (κ2) is 11.3. The lowest BCUT2D eigenvalue weighted by molar-refractivity contribution is 0.0184. The maximum absolute atomic E-state index is 11.7. The van der Waals surface area contributed by atoms with Gasteiger partial charge in [-0.1, -0.05) is 42.5 Å². The molecule has 0 saturated heterocycles. The van der Waals surface area contributed by atoms with Crippen LogP contribution in [0.3, 0.4) is 0 Å². The Kier molecular flexibility index (Phi) is 8.74. The maximum Gasteiger partial charge on any atom is 0.407 e. The van der Waals surface area contributed by atoms with Gasteiger partial charge in [0.15, 0.2) is 0 Å². The molecular formula is C21H28N2O5. The van der Waals surface area contributed by atoms with Gasteiger partial charge in [-0.25, -0.2) is 4.79 Å². The third-order valence-corrected chi connectivity index (χ3v) is 4.06. The van der Waals surface area contributed by atoms with E-state index in [2.05, 4.69) is 5.32 Å². The van der Waals surface area contributed by atoms with Gasteiger partial charge in [0.25, 0.3) is 0 Å². The molecule has 0 aromatic heterocycles. The monoisotopic (exact) mass is 388 g/mol. The minimum atomic E-state index is -1.16. The minimum Gasteiger partial charge on any atom is -0.492 e. The topological polar surface area (TPSA) is 91.3 Å². The van der Waals surface area contributed by atoms with Crippen molar-refractivity contribution in [3.8, 4) is 5.75 Å². The van der Waals surface area contributed by atoms with Crippen molar-refractivity contribution in [2.24, 2.45) is 0 Å². The van der Waals surface area contributed by atoms with E-state index in [1.807, 2.05) is 49.3 Å². The summed E-state index contributed by atoms with van der Waals surface area (Å²) in [7, 11) is 3.94. The Labute approximate surface area is 165 Å². The molecule has 3 N–H and O–H groups in total. The predicted octanol–water partition coefficient (Wildman–Crippen LogP) is 1.95. The van der Waals surface area contributed by atoms with Crippen molar-refractivity contribution in [1.29, 1.82) is 0 Å². The molecule has 0 bridgehead atoms. The number of nitrogens with zero attached hydrogens (tertiary/aromatic N) is 1. The molecule has 0 heterocycles. The molecule has 0 saturated carbocycles. The number of carbonyl (C=O) groups excluding carboxylic acids is 1. The van der Waals surface area contributed by atoms with E-state index < -0.39 is 18.3 Å². The van der Waals surface area contributed by atoms with E-state index in [1.54, 1.807) is 24.3 Å². The Balaban J connectivity index is 1.73. The largest absolute Gasteiger partial charge is 0.492 e. The molecule has 2 unspecified atom stereocenters. The quantitative estimate of drug-likeness (QED) is 0.576. The number of alkyl carbamates (subject to hydrolysis) is 1.